The van der Waals surface area contributed by atoms with Gasteiger partial charge in [0.2, 0.25) is 0 Å². The average molecular weight is 255 g/mol. The first-order valence-electron chi connectivity index (χ1n) is 6.26. The molecule has 0 amide bonds. The number of carbonyl (C=O) groups is 1. The van der Waals surface area contributed by atoms with Crippen molar-refractivity contribution in [2.75, 3.05) is 7.11 Å². The smallest absolute Gasteiger partial charge is 0.166 e. The minimum Gasteiger partial charge on any atom is -0.497 e. The van der Waals surface area contributed by atoms with Crippen LogP contribution in [0.4, 0.5) is 0 Å². The number of carbonyl (C=O) groups excluding carboxylic acids is 1. The number of ketones is 1. The maximum atomic E-state index is 11.8. The Hall–Kier alpha value is -2.16. The van der Waals surface area contributed by atoms with Crippen LogP contribution >= 0.6 is 0 Å². The number of hydrogen-bond acceptors (Lipinski definition) is 3. The molecule has 0 unspecified atom stereocenters. The summed E-state index contributed by atoms with van der Waals surface area (Å²) in [4.78, 5) is 16.2. The van der Waals surface area contributed by atoms with Gasteiger partial charge in [0.15, 0.2) is 5.78 Å². The van der Waals surface area contributed by atoms with E-state index in [-0.39, 0.29) is 11.7 Å². The zero-order valence-electron chi connectivity index (χ0n) is 11.4. The number of nitrogens with zero attached hydrogens (tertiary/aromatic N) is 1. The molecule has 1 aromatic carbocycles. The minimum absolute atomic E-state index is 0.00589. The second kappa shape index (κ2) is 5.65. The van der Waals surface area contributed by atoms with Crippen LogP contribution < -0.4 is 4.74 Å². The van der Waals surface area contributed by atoms with E-state index in [2.05, 4.69) is 4.98 Å². The first-order chi connectivity index (χ1) is 9.11. The van der Waals surface area contributed by atoms with Crippen LogP contribution in [0.3, 0.4) is 0 Å². The van der Waals surface area contributed by atoms with Crippen molar-refractivity contribution in [1.82, 2.24) is 4.98 Å². The molecule has 1 aromatic heterocycles. The van der Waals surface area contributed by atoms with Crippen LogP contribution in [-0.2, 0) is 0 Å². The molecule has 0 saturated carbocycles. The van der Waals surface area contributed by atoms with Crippen molar-refractivity contribution >= 4 is 5.78 Å². The Morgan fingerprint density at radius 1 is 1.11 bits per heavy atom. The first kappa shape index (κ1) is 13.3. The number of methoxy groups -OCH3 is 1. The normalized spacial score (nSPS) is 10.5. The lowest BCUT2D eigenvalue weighted by atomic mass is 10.0. The van der Waals surface area contributed by atoms with Crippen LogP contribution in [-0.4, -0.2) is 17.9 Å². The molecule has 2 rings (SSSR count). The summed E-state index contributed by atoms with van der Waals surface area (Å²) in [6.45, 7) is 3.78. The maximum absolute atomic E-state index is 11.8. The molecule has 3 nitrogen and oxygen atoms in total. The number of ether oxygens (including phenoxy) is 1. The molecule has 0 N–H and O–H groups in total. The molecule has 0 aliphatic carbocycles. The molecule has 0 saturated heterocycles. The molecular weight excluding hydrogens is 238 g/mol. The third-order valence-corrected chi connectivity index (χ3v) is 2.96. The van der Waals surface area contributed by atoms with E-state index in [1.807, 2.05) is 50.2 Å². The summed E-state index contributed by atoms with van der Waals surface area (Å²) in [7, 11) is 1.64. The van der Waals surface area contributed by atoms with Crippen LogP contribution in [0.2, 0.25) is 0 Å². The quantitative estimate of drug-likeness (QED) is 0.784. The van der Waals surface area contributed by atoms with Gasteiger partial charge in [-0.1, -0.05) is 13.8 Å². The molecule has 0 atom stereocenters. The molecule has 19 heavy (non-hydrogen) atoms. The van der Waals surface area contributed by atoms with Crippen molar-refractivity contribution in [2.45, 2.75) is 13.8 Å². The Morgan fingerprint density at radius 2 is 1.79 bits per heavy atom. The standard InChI is InChI=1S/C16H17NO2/c1-11(2)16(18)13-6-9-15(17-10-13)12-4-7-14(19-3)8-5-12/h4-11H,1-3H3. The number of aromatic nitrogens is 1. The van der Waals surface area contributed by atoms with Crippen LogP contribution in [0.25, 0.3) is 11.3 Å². The van der Waals surface area contributed by atoms with Gasteiger partial charge in [-0.05, 0) is 36.4 Å². The Balaban J connectivity index is 2.24. The number of hydrogen-bond donors (Lipinski definition) is 0. The second-order valence-electron chi connectivity index (χ2n) is 4.68. The fourth-order valence-electron chi connectivity index (χ4n) is 1.81. The summed E-state index contributed by atoms with van der Waals surface area (Å²) in [5.74, 6) is 0.928. The topological polar surface area (TPSA) is 39.2 Å². The first-order valence-corrected chi connectivity index (χ1v) is 6.26. The molecule has 1 heterocycles. The van der Waals surface area contributed by atoms with E-state index in [1.54, 1.807) is 13.3 Å². The molecule has 0 radical (unpaired) electrons. The van der Waals surface area contributed by atoms with E-state index in [9.17, 15) is 4.79 Å². The average Bonchev–Trinajstić information content (AvgIpc) is 2.46. The van der Waals surface area contributed by atoms with Crippen molar-refractivity contribution in [1.29, 1.82) is 0 Å². The maximum Gasteiger partial charge on any atom is 0.166 e. The fraction of sp³-hybridized carbons (Fsp3) is 0.250. The number of pyridine rings is 1. The summed E-state index contributed by atoms with van der Waals surface area (Å²) in [6.07, 6.45) is 1.64. The van der Waals surface area contributed by atoms with Gasteiger partial charge in [-0.3, -0.25) is 9.78 Å². The van der Waals surface area contributed by atoms with Crippen molar-refractivity contribution in [3.05, 3.63) is 48.2 Å². The zero-order chi connectivity index (χ0) is 13.8. The Labute approximate surface area is 113 Å². The molecule has 0 spiro atoms. The van der Waals surface area contributed by atoms with Gasteiger partial charge in [0, 0.05) is 23.2 Å². The second-order valence-corrected chi connectivity index (χ2v) is 4.68. The lowest BCUT2D eigenvalue weighted by Crippen LogP contribution is -2.07. The molecule has 0 fully saturated rings. The van der Waals surface area contributed by atoms with E-state index in [1.165, 1.54) is 0 Å². The van der Waals surface area contributed by atoms with Gasteiger partial charge in [-0.2, -0.15) is 0 Å². The predicted molar refractivity (Wildman–Crippen MR) is 75.4 cm³/mol. The van der Waals surface area contributed by atoms with Gasteiger partial charge in [-0.25, -0.2) is 0 Å². The Bertz CT molecular complexity index is 556. The minimum atomic E-state index is -0.00589. The third kappa shape index (κ3) is 2.99. The lowest BCUT2D eigenvalue weighted by molar-refractivity contribution is 0.0939. The van der Waals surface area contributed by atoms with Crippen LogP contribution in [0.15, 0.2) is 42.6 Å². The molecule has 2 aromatic rings. The van der Waals surface area contributed by atoms with Gasteiger partial charge in [0.1, 0.15) is 5.75 Å². The SMILES string of the molecule is COc1ccc(-c2ccc(C(=O)C(C)C)cn2)cc1. The Morgan fingerprint density at radius 3 is 2.26 bits per heavy atom. The number of rotatable bonds is 4. The monoisotopic (exact) mass is 255 g/mol. The van der Waals surface area contributed by atoms with Gasteiger partial charge >= 0.3 is 0 Å². The Kier molecular flexibility index (Phi) is 3.95. The molecular formula is C16H17NO2. The highest BCUT2D eigenvalue weighted by Gasteiger charge is 2.10. The van der Waals surface area contributed by atoms with Crippen LogP contribution in [0.1, 0.15) is 24.2 Å². The summed E-state index contributed by atoms with van der Waals surface area (Å²) in [5.41, 5.74) is 2.51. The van der Waals surface area contributed by atoms with Crippen molar-refractivity contribution in [3.8, 4) is 17.0 Å². The highest BCUT2D eigenvalue weighted by atomic mass is 16.5. The van der Waals surface area contributed by atoms with E-state index in [4.69, 9.17) is 4.74 Å². The number of Topliss-reactive ketones (excluding diaryl/α,β-unsaturated/α-hetero) is 1. The number of benzene rings is 1. The van der Waals surface area contributed by atoms with E-state index < -0.39 is 0 Å². The van der Waals surface area contributed by atoms with Gasteiger partial charge in [0.05, 0.1) is 12.8 Å². The van der Waals surface area contributed by atoms with Crippen molar-refractivity contribution < 1.29 is 9.53 Å². The van der Waals surface area contributed by atoms with E-state index >= 15 is 0 Å². The predicted octanol–water partition coefficient (Wildman–Crippen LogP) is 3.60. The van der Waals surface area contributed by atoms with Crippen LogP contribution in [0.5, 0.6) is 5.75 Å². The van der Waals surface area contributed by atoms with E-state index in [0.717, 1.165) is 17.0 Å². The lowest BCUT2D eigenvalue weighted by Gasteiger charge is -2.06. The van der Waals surface area contributed by atoms with Crippen LogP contribution in [0, 0.1) is 5.92 Å². The van der Waals surface area contributed by atoms with Gasteiger partial charge in [-0.15, -0.1) is 0 Å². The van der Waals surface area contributed by atoms with Gasteiger partial charge < -0.3 is 4.74 Å². The molecule has 0 aliphatic heterocycles. The largest absolute Gasteiger partial charge is 0.497 e. The highest BCUT2D eigenvalue weighted by Crippen LogP contribution is 2.21. The summed E-state index contributed by atoms with van der Waals surface area (Å²) < 4.78 is 5.12. The van der Waals surface area contributed by atoms with E-state index in [0.29, 0.717) is 5.56 Å². The summed E-state index contributed by atoms with van der Waals surface area (Å²) in [6, 6.07) is 11.4. The molecule has 3 heteroatoms. The van der Waals surface area contributed by atoms with Crippen molar-refractivity contribution in [2.24, 2.45) is 5.92 Å². The zero-order valence-corrected chi connectivity index (χ0v) is 11.4. The third-order valence-electron chi connectivity index (χ3n) is 2.96. The fourth-order valence-corrected chi connectivity index (χ4v) is 1.81. The van der Waals surface area contributed by atoms with Gasteiger partial charge in [0.25, 0.3) is 0 Å². The molecule has 0 bridgehead atoms. The summed E-state index contributed by atoms with van der Waals surface area (Å²) in [5, 5.41) is 0. The summed E-state index contributed by atoms with van der Waals surface area (Å²) >= 11 is 0. The highest BCUT2D eigenvalue weighted by molar-refractivity contribution is 5.97. The van der Waals surface area contributed by atoms with Crippen molar-refractivity contribution in [3.63, 3.8) is 0 Å². The molecule has 0 aliphatic rings. The molecule has 98 valence electrons.